The lowest BCUT2D eigenvalue weighted by Crippen LogP contribution is -2.30. The number of rotatable bonds is 19. The van der Waals surface area contributed by atoms with E-state index in [1.165, 1.54) is 0 Å². The molecule has 1 saturated carbocycles. The molecule has 0 saturated heterocycles. The third-order valence-electron chi connectivity index (χ3n) is 7.01. The molecule has 0 heterocycles. The van der Waals surface area contributed by atoms with Crippen LogP contribution in [0, 0.1) is 11.8 Å². The van der Waals surface area contributed by atoms with Crippen LogP contribution < -0.4 is 0 Å². The monoisotopic (exact) mass is 490 g/mol. The summed E-state index contributed by atoms with van der Waals surface area (Å²) in [6, 6.07) is 0. The maximum absolute atomic E-state index is 14.2. The van der Waals surface area contributed by atoms with Gasteiger partial charge in [-0.25, -0.2) is 0 Å². The van der Waals surface area contributed by atoms with Crippen molar-refractivity contribution in [3.05, 3.63) is 0 Å². The molecule has 4 atom stereocenters. The van der Waals surface area contributed by atoms with E-state index in [4.69, 9.17) is 4.74 Å². The first-order valence-electron chi connectivity index (χ1n) is 13.5. The van der Waals surface area contributed by atoms with Crippen LogP contribution in [0.4, 0.5) is 8.78 Å². The fraction of sp³-hybridized carbons (Fsp3) is 0.926. The van der Waals surface area contributed by atoms with Gasteiger partial charge in [0.25, 0.3) is 0 Å². The van der Waals surface area contributed by atoms with E-state index in [1.807, 2.05) is 20.8 Å². The van der Waals surface area contributed by atoms with E-state index in [0.717, 1.165) is 57.8 Å². The van der Waals surface area contributed by atoms with Crippen LogP contribution in [0.25, 0.3) is 0 Å². The van der Waals surface area contributed by atoms with E-state index in [0.29, 0.717) is 19.3 Å². The Morgan fingerprint density at radius 1 is 0.853 bits per heavy atom. The summed E-state index contributed by atoms with van der Waals surface area (Å²) in [6.07, 6.45) is 8.15. The average Bonchev–Trinajstić information content (AvgIpc) is 3.02. The van der Waals surface area contributed by atoms with Crippen LogP contribution in [0.2, 0.25) is 0 Å². The summed E-state index contributed by atoms with van der Waals surface area (Å²) >= 11 is 0. The van der Waals surface area contributed by atoms with Gasteiger partial charge in [-0.15, -0.1) is 0 Å². The minimum Gasteiger partial charge on any atom is -0.463 e. The molecule has 1 fully saturated rings. The highest BCUT2D eigenvalue weighted by Gasteiger charge is 2.43. The number of hydrogen-bond donors (Lipinski definition) is 2. The molecule has 0 aromatic rings. The predicted molar refractivity (Wildman–Crippen MR) is 130 cm³/mol. The minimum atomic E-state index is -3.29. The third kappa shape index (κ3) is 12.1. The SMILES string of the molecule is CCCCCCC(F)(F)C(=O)CC[C@@H]1[C@@H](CCCCCCCCC(=O)OC(C)C)[C@@H](O)C[C@H]1O. The Balaban J connectivity index is 2.30. The standard InChI is InChI=1S/C27H48F2O5/c1-4-5-6-13-18-27(28,29)25(32)17-16-22-21(23(30)19-24(22)31)14-11-9-7-8-10-12-15-26(33)34-20(2)3/h20-24,30-31H,4-19H2,1-3H3/t21-,22-,23+,24-/m1/s1. The number of ketones is 1. The highest BCUT2D eigenvalue weighted by atomic mass is 19.3. The number of esters is 1. The van der Waals surface area contributed by atoms with Crippen molar-refractivity contribution < 1.29 is 33.3 Å². The maximum Gasteiger partial charge on any atom is 0.306 e. The van der Waals surface area contributed by atoms with Crippen molar-refractivity contribution in [3.8, 4) is 0 Å². The Morgan fingerprint density at radius 2 is 1.41 bits per heavy atom. The summed E-state index contributed by atoms with van der Waals surface area (Å²) in [6.45, 7) is 5.69. The molecule has 1 aliphatic rings. The Morgan fingerprint density at radius 3 is 2.03 bits per heavy atom. The molecule has 1 aliphatic carbocycles. The fourth-order valence-electron chi connectivity index (χ4n) is 5.05. The van der Waals surface area contributed by atoms with Gasteiger partial charge in [-0.2, -0.15) is 8.78 Å². The number of aliphatic hydroxyl groups is 2. The van der Waals surface area contributed by atoms with Crippen molar-refractivity contribution in [1.29, 1.82) is 0 Å². The van der Waals surface area contributed by atoms with Gasteiger partial charge in [0.1, 0.15) is 0 Å². The van der Waals surface area contributed by atoms with Gasteiger partial charge in [0.05, 0.1) is 18.3 Å². The van der Waals surface area contributed by atoms with E-state index in [-0.39, 0.29) is 43.2 Å². The summed E-state index contributed by atoms with van der Waals surface area (Å²) in [4.78, 5) is 23.7. The van der Waals surface area contributed by atoms with Crippen molar-refractivity contribution in [3.63, 3.8) is 0 Å². The molecule has 0 aromatic heterocycles. The second-order valence-corrected chi connectivity index (χ2v) is 10.4. The molecule has 7 heteroatoms. The van der Waals surface area contributed by atoms with E-state index in [2.05, 4.69) is 0 Å². The predicted octanol–water partition coefficient (Wildman–Crippen LogP) is 6.37. The molecule has 0 aliphatic heterocycles. The third-order valence-corrected chi connectivity index (χ3v) is 7.01. The highest BCUT2D eigenvalue weighted by molar-refractivity contribution is 5.85. The van der Waals surface area contributed by atoms with Crippen molar-refractivity contribution in [2.24, 2.45) is 11.8 Å². The molecule has 34 heavy (non-hydrogen) atoms. The van der Waals surface area contributed by atoms with Crippen LogP contribution in [0.5, 0.6) is 0 Å². The number of aliphatic hydroxyl groups excluding tert-OH is 2. The number of Topliss-reactive ketones (excluding diaryl/α,β-unsaturated/α-hetero) is 1. The van der Waals surface area contributed by atoms with E-state index < -0.39 is 30.3 Å². The van der Waals surface area contributed by atoms with Crippen LogP contribution in [-0.2, 0) is 14.3 Å². The number of unbranched alkanes of at least 4 members (excludes halogenated alkanes) is 8. The van der Waals surface area contributed by atoms with Crippen LogP contribution in [0.15, 0.2) is 0 Å². The topological polar surface area (TPSA) is 83.8 Å². The Hall–Kier alpha value is -1.08. The molecule has 1 rings (SSSR count). The minimum absolute atomic E-state index is 0.0778. The maximum atomic E-state index is 14.2. The molecule has 0 unspecified atom stereocenters. The van der Waals surface area contributed by atoms with Crippen LogP contribution >= 0.6 is 0 Å². The van der Waals surface area contributed by atoms with E-state index in [1.54, 1.807) is 0 Å². The zero-order chi connectivity index (χ0) is 25.6. The smallest absolute Gasteiger partial charge is 0.306 e. The van der Waals surface area contributed by atoms with Crippen LogP contribution in [0.3, 0.4) is 0 Å². The summed E-state index contributed by atoms with van der Waals surface area (Å²) < 4.78 is 33.5. The number of alkyl halides is 2. The van der Waals surface area contributed by atoms with Crippen molar-refractivity contribution >= 4 is 11.8 Å². The quantitative estimate of drug-likeness (QED) is 0.162. The number of hydrogen-bond acceptors (Lipinski definition) is 5. The molecule has 0 spiro atoms. The Bertz CT molecular complexity index is 581. The normalized spacial score (nSPS) is 22.9. The van der Waals surface area contributed by atoms with Gasteiger partial charge in [-0.3, -0.25) is 9.59 Å². The van der Waals surface area contributed by atoms with Crippen molar-refractivity contribution in [1.82, 2.24) is 0 Å². The molecule has 200 valence electrons. The van der Waals surface area contributed by atoms with E-state index in [9.17, 15) is 28.6 Å². The number of halogens is 2. The number of carbonyl (C=O) groups is 2. The van der Waals surface area contributed by atoms with Gasteiger partial charge in [-0.05, 0) is 57.8 Å². The first-order valence-corrected chi connectivity index (χ1v) is 13.5. The molecule has 0 amide bonds. The zero-order valence-corrected chi connectivity index (χ0v) is 21.6. The van der Waals surface area contributed by atoms with Gasteiger partial charge in [0.15, 0.2) is 0 Å². The number of carbonyl (C=O) groups excluding carboxylic acids is 2. The second kappa shape index (κ2) is 16.6. The summed E-state index contributed by atoms with van der Waals surface area (Å²) in [5.74, 6) is -4.93. The first kappa shape index (κ1) is 31.0. The van der Waals surface area contributed by atoms with Gasteiger partial charge in [0.2, 0.25) is 5.78 Å². The summed E-state index contributed by atoms with van der Waals surface area (Å²) in [5, 5.41) is 20.7. The van der Waals surface area contributed by atoms with Gasteiger partial charge in [0, 0.05) is 19.3 Å². The van der Waals surface area contributed by atoms with Crippen LogP contribution in [0.1, 0.15) is 124 Å². The molecule has 5 nitrogen and oxygen atoms in total. The molecule has 0 aromatic carbocycles. The van der Waals surface area contributed by atoms with E-state index >= 15 is 0 Å². The molecule has 0 bridgehead atoms. The fourth-order valence-corrected chi connectivity index (χ4v) is 5.05. The molecule has 2 N–H and O–H groups in total. The van der Waals surface area contributed by atoms with Crippen LogP contribution in [-0.4, -0.2) is 46.2 Å². The largest absolute Gasteiger partial charge is 0.463 e. The van der Waals surface area contributed by atoms with Gasteiger partial charge < -0.3 is 14.9 Å². The second-order valence-electron chi connectivity index (χ2n) is 10.4. The Labute approximate surface area is 205 Å². The lowest BCUT2D eigenvalue weighted by atomic mass is 9.84. The Kier molecular flexibility index (Phi) is 15.1. The lowest BCUT2D eigenvalue weighted by Gasteiger charge is -2.24. The molecule has 0 radical (unpaired) electrons. The summed E-state index contributed by atoms with van der Waals surface area (Å²) in [5.41, 5.74) is 0. The number of ether oxygens (including phenoxy) is 1. The van der Waals surface area contributed by atoms with Crippen molar-refractivity contribution in [2.75, 3.05) is 0 Å². The average molecular weight is 491 g/mol. The first-order chi connectivity index (χ1) is 16.1. The van der Waals surface area contributed by atoms with Crippen molar-refractivity contribution in [2.45, 2.75) is 148 Å². The summed E-state index contributed by atoms with van der Waals surface area (Å²) in [7, 11) is 0. The van der Waals surface area contributed by atoms with Gasteiger partial charge in [-0.1, -0.05) is 58.3 Å². The molecular formula is C27H48F2O5. The van der Waals surface area contributed by atoms with Gasteiger partial charge >= 0.3 is 11.9 Å². The zero-order valence-electron chi connectivity index (χ0n) is 21.6. The molecular weight excluding hydrogens is 442 g/mol. The lowest BCUT2D eigenvalue weighted by molar-refractivity contribution is -0.147. The highest BCUT2D eigenvalue weighted by Crippen LogP contribution is 2.39.